The molecule has 0 radical (unpaired) electrons. The predicted molar refractivity (Wildman–Crippen MR) is 37.0 cm³/mol. The van der Waals surface area contributed by atoms with Crippen molar-refractivity contribution in [1.29, 1.82) is 0 Å². The molecule has 0 aliphatic heterocycles. The van der Waals surface area contributed by atoms with Gasteiger partial charge in [-0.25, -0.2) is 0 Å². The lowest BCUT2D eigenvalue weighted by molar-refractivity contribution is 0.0493. The summed E-state index contributed by atoms with van der Waals surface area (Å²) in [7, 11) is 0. The van der Waals surface area contributed by atoms with Gasteiger partial charge in [-0.2, -0.15) is 0 Å². The first kappa shape index (κ1) is 4.54. The number of allylic oxidation sites excluding steroid dienone is 2. The average Bonchev–Trinajstić information content (AvgIpc) is 2.13. The summed E-state index contributed by atoms with van der Waals surface area (Å²) < 4.78 is 0. The summed E-state index contributed by atoms with van der Waals surface area (Å²) in [5, 5.41) is 0. The minimum absolute atomic E-state index is 1.05. The molecule has 0 N–H and O–H groups in total. The molecule has 0 aromatic heterocycles. The third-order valence-corrected chi connectivity index (χ3v) is 3.61. The monoisotopic (exact) mass is 120 g/mol. The standard InChI is InChI=1S/C9H12/c1-2-6-7(3-1)9-5-4-8(6)9/h4-9H,1-3H2. The van der Waals surface area contributed by atoms with E-state index in [9.17, 15) is 0 Å². The van der Waals surface area contributed by atoms with Crippen molar-refractivity contribution in [2.75, 3.05) is 0 Å². The summed E-state index contributed by atoms with van der Waals surface area (Å²) in [4.78, 5) is 0. The first-order valence-electron chi connectivity index (χ1n) is 4.15. The quantitative estimate of drug-likeness (QED) is 0.430. The van der Waals surface area contributed by atoms with E-state index in [1.807, 2.05) is 0 Å². The van der Waals surface area contributed by atoms with Crippen LogP contribution >= 0.6 is 0 Å². The lowest BCUT2D eigenvalue weighted by Gasteiger charge is -2.52. The smallest absolute Gasteiger partial charge is 0.0136 e. The van der Waals surface area contributed by atoms with Crippen LogP contribution in [0.4, 0.5) is 0 Å². The zero-order chi connectivity index (χ0) is 5.84. The Kier molecular flexibility index (Phi) is 0.633. The third kappa shape index (κ3) is 0.357. The van der Waals surface area contributed by atoms with Crippen LogP contribution in [0.5, 0.6) is 0 Å². The Labute approximate surface area is 56.0 Å². The van der Waals surface area contributed by atoms with Crippen LogP contribution in [0.25, 0.3) is 0 Å². The van der Waals surface area contributed by atoms with E-state index in [2.05, 4.69) is 12.2 Å². The summed E-state index contributed by atoms with van der Waals surface area (Å²) in [6.45, 7) is 0. The number of rotatable bonds is 0. The Morgan fingerprint density at radius 1 is 0.889 bits per heavy atom. The van der Waals surface area contributed by atoms with Gasteiger partial charge in [0.1, 0.15) is 0 Å². The van der Waals surface area contributed by atoms with Gasteiger partial charge in [0.15, 0.2) is 0 Å². The van der Waals surface area contributed by atoms with Gasteiger partial charge >= 0.3 is 0 Å². The van der Waals surface area contributed by atoms with Gasteiger partial charge in [-0.3, -0.25) is 0 Å². The van der Waals surface area contributed by atoms with Crippen LogP contribution in [0.2, 0.25) is 0 Å². The maximum absolute atomic E-state index is 2.43. The summed E-state index contributed by atoms with van der Waals surface area (Å²) in [6, 6.07) is 0. The Bertz CT molecular complexity index is 151. The minimum atomic E-state index is 1.05. The van der Waals surface area contributed by atoms with Crippen LogP contribution in [0, 0.1) is 23.7 Å². The SMILES string of the molecule is C1=CC2C1C1CCCC21. The minimum Gasteiger partial charge on any atom is -0.0842 e. The molecule has 48 valence electrons. The molecule has 3 rings (SSSR count). The summed E-state index contributed by atoms with van der Waals surface area (Å²) in [5.41, 5.74) is 0. The normalized spacial score (nSPS) is 59.6. The molecule has 0 aromatic carbocycles. The lowest BCUT2D eigenvalue weighted by atomic mass is 9.53. The van der Waals surface area contributed by atoms with Gasteiger partial charge in [-0.15, -0.1) is 0 Å². The van der Waals surface area contributed by atoms with E-state index in [-0.39, 0.29) is 0 Å². The predicted octanol–water partition coefficient (Wildman–Crippen LogP) is 2.22. The number of hydrogen-bond donors (Lipinski definition) is 0. The summed E-state index contributed by atoms with van der Waals surface area (Å²) in [5.74, 6) is 4.38. The van der Waals surface area contributed by atoms with Gasteiger partial charge < -0.3 is 0 Å². The molecule has 3 aliphatic rings. The maximum atomic E-state index is 2.43. The van der Waals surface area contributed by atoms with Crippen LogP contribution in [0.3, 0.4) is 0 Å². The second kappa shape index (κ2) is 1.25. The van der Waals surface area contributed by atoms with Crippen molar-refractivity contribution in [3.63, 3.8) is 0 Å². The fourth-order valence-corrected chi connectivity index (χ4v) is 3.05. The Hall–Kier alpha value is -0.260. The van der Waals surface area contributed by atoms with Crippen molar-refractivity contribution in [3.05, 3.63) is 12.2 Å². The zero-order valence-electron chi connectivity index (χ0n) is 5.59. The van der Waals surface area contributed by atoms with E-state index in [1.54, 1.807) is 0 Å². The zero-order valence-corrected chi connectivity index (χ0v) is 5.59. The molecule has 3 aliphatic carbocycles. The van der Waals surface area contributed by atoms with Gasteiger partial charge in [0, 0.05) is 0 Å². The van der Waals surface area contributed by atoms with E-state index in [0.29, 0.717) is 0 Å². The molecule has 0 amide bonds. The van der Waals surface area contributed by atoms with Crippen molar-refractivity contribution in [1.82, 2.24) is 0 Å². The third-order valence-electron chi connectivity index (χ3n) is 3.61. The van der Waals surface area contributed by atoms with Crippen LogP contribution in [-0.4, -0.2) is 0 Å². The van der Waals surface area contributed by atoms with Crippen LogP contribution < -0.4 is 0 Å². The summed E-state index contributed by atoms with van der Waals surface area (Å²) in [6.07, 6.45) is 9.45. The molecule has 9 heavy (non-hydrogen) atoms. The van der Waals surface area contributed by atoms with Crippen LogP contribution in [0.1, 0.15) is 19.3 Å². The van der Waals surface area contributed by atoms with E-state index < -0.39 is 0 Å². The fraction of sp³-hybridized carbons (Fsp3) is 0.778. The molecule has 4 atom stereocenters. The number of fused-ring (bicyclic) bond motifs is 4. The highest BCUT2D eigenvalue weighted by molar-refractivity contribution is 5.22. The molecule has 4 unspecified atom stereocenters. The van der Waals surface area contributed by atoms with Crippen molar-refractivity contribution in [2.24, 2.45) is 23.7 Å². The first-order chi connectivity index (χ1) is 4.47. The van der Waals surface area contributed by atoms with Gasteiger partial charge in [-0.1, -0.05) is 18.6 Å². The highest BCUT2D eigenvalue weighted by Crippen LogP contribution is 2.60. The van der Waals surface area contributed by atoms with Crippen molar-refractivity contribution >= 4 is 0 Å². The Morgan fingerprint density at radius 3 is 1.89 bits per heavy atom. The largest absolute Gasteiger partial charge is 0.0842 e. The van der Waals surface area contributed by atoms with E-state index in [0.717, 1.165) is 23.7 Å². The van der Waals surface area contributed by atoms with E-state index in [1.165, 1.54) is 19.3 Å². The molecular weight excluding hydrogens is 108 g/mol. The van der Waals surface area contributed by atoms with E-state index >= 15 is 0 Å². The highest BCUT2D eigenvalue weighted by Gasteiger charge is 2.52. The molecule has 0 aromatic rings. The molecule has 0 nitrogen and oxygen atoms in total. The fourth-order valence-electron chi connectivity index (χ4n) is 3.05. The van der Waals surface area contributed by atoms with Gasteiger partial charge in [0.05, 0.1) is 0 Å². The van der Waals surface area contributed by atoms with Gasteiger partial charge in [-0.05, 0) is 36.5 Å². The highest BCUT2D eigenvalue weighted by atomic mass is 14.6. The second-order valence-electron chi connectivity index (χ2n) is 3.80. The van der Waals surface area contributed by atoms with Gasteiger partial charge in [0.2, 0.25) is 0 Å². The van der Waals surface area contributed by atoms with Crippen molar-refractivity contribution in [3.8, 4) is 0 Å². The molecular formula is C9H12. The Balaban J connectivity index is 1.93. The molecule has 0 bridgehead atoms. The first-order valence-corrected chi connectivity index (χ1v) is 4.15. The molecule has 2 saturated carbocycles. The Morgan fingerprint density at radius 2 is 1.44 bits per heavy atom. The van der Waals surface area contributed by atoms with Gasteiger partial charge in [0.25, 0.3) is 0 Å². The summed E-state index contributed by atoms with van der Waals surface area (Å²) >= 11 is 0. The lowest BCUT2D eigenvalue weighted by Crippen LogP contribution is -2.46. The van der Waals surface area contributed by atoms with Crippen LogP contribution in [0.15, 0.2) is 12.2 Å². The molecule has 0 heterocycles. The topological polar surface area (TPSA) is 0 Å². The second-order valence-corrected chi connectivity index (χ2v) is 3.80. The molecule has 0 spiro atoms. The molecule has 2 fully saturated rings. The number of hydrogen-bond acceptors (Lipinski definition) is 0. The average molecular weight is 120 g/mol. The molecule has 0 heteroatoms. The van der Waals surface area contributed by atoms with Crippen molar-refractivity contribution < 1.29 is 0 Å². The maximum Gasteiger partial charge on any atom is -0.0136 e. The van der Waals surface area contributed by atoms with Crippen molar-refractivity contribution in [2.45, 2.75) is 19.3 Å². The van der Waals surface area contributed by atoms with E-state index in [4.69, 9.17) is 0 Å². The molecule has 0 saturated heterocycles. The van der Waals surface area contributed by atoms with Crippen LogP contribution in [-0.2, 0) is 0 Å².